The van der Waals surface area contributed by atoms with Gasteiger partial charge in [-0.25, -0.2) is 4.39 Å². The van der Waals surface area contributed by atoms with Crippen LogP contribution in [0.5, 0.6) is 0 Å². The molecule has 1 aromatic carbocycles. The maximum absolute atomic E-state index is 13.6. The van der Waals surface area contributed by atoms with E-state index in [0.29, 0.717) is 19.4 Å². The fraction of sp³-hybridized carbons (Fsp3) is 0.467. The first-order valence-electron chi connectivity index (χ1n) is 6.83. The molecule has 0 unspecified atom stereocenters. The minimum atomic E-state index is -0.640. The molecule has 1 aliphatic rings. The predicted octanol–water partition coefficient (Wildman–Crippen LogP) is 1.65. The third-order valence-corrected chi connectivity index (χ3v) is 3.84. The number of benzene rings is 1. The summed E-state index contributed by atoms with van der Waals surface area (Å²) in [7, 11) is 1.56. The SMILES string of the molecule is COCC1(C(=O)Nc2cccc(F)c2C#N)CCNCC1. The summed E-state index contributed by atoms with van der Waals surface area (Å²) in [5.74, 6) is -0.866. The number of anilines is 1. The molecule has 0 radical (unpaired) electrons. The van der Waals surface area contributed by atoms with E-state index in [2.05, 4.69) is 10.6 Å². The van der Waals surface area contributed by atoms with Gasteiger partial charge in [0.15, 0.2) is 0 Å². The second kappa shape index (κ2) is 6.66. The number of halogens is 1. The first kappa shape index (κ1) is 15.4. The van der Waals surface area contributed by atoms with Crippen molar-refractivity contribution in [2.75, 3.05) is 32.1 Å². The topological polar surface area (TPSA) is 74.1 Å². The number of nitriles is 1. The lowest BCUT2D eigenvalue weighted by Gasteiger charge is -2.35. The van der Waals surface area contributed by atoms with Crippen molar-refractivity contribution in [2.45, 2.75) is 12.8 Å². The zero-order chi connectivity index (χ0) is 15.3. The summed E-state index contributed by atoms with van der Waals surface area (Å²) in [6.07, 6.45) is 1.29. The zero-order valence-corrected chi connectivity index (χ0v) is 11.9. The summed E-state index contributed by atoms with van der Waals surface area (Å²) in [6.45, 7) is 1.76. The van der Waals surface area contributed by atoms with Crippen LogP contribution in [0.3, 0.4) is 0 Å². The molecule has 6 heteroatoms. The normalized spacial score (nSPS) is 17.0. The van der Waals surface area contributed by atoms with Gasteiger partial charge in [0.25, 0.3) is 0 Å². The highest BCUT2D eigenvalue weighted by Crippen LogP contribution is 2.31. The Hall–Kier alpha value is -1.97. The fourth-order valence-corrected chi connectivity index (χ4v) is 2.62. The summed E-state index contributed by atoms with van der Waals surface area (Å²) in [6, 6.07) is 5.98. The van der Waals surface area contributed by atoms with E-state index in [1.54, 1.807) is 13.2 Å². The molecular formula is C15H18FN3O2. The second-order valence-electron chi connectivity index (χ2n) is 5.19. The van der Waals surface area contributed by atoms with Gasteiger partial charge in [-0.05, 0) is 38.1 Å². The van der Waals surface area contributed by atoms with E-state index in [-0.39, 0.29) is 17.2 Å². The van der Waals surface area contributed by atoms with Crippen LogP contribution in [-0.2, 0) is 9.53 Å². The summed E-state index contributed by atoms with van der Waals surface area (Å²) < 4.78 is 18.8. The Kier molecular flexibility index (Phi) is 4.89. The van der Waals surface area contributed by atoms with Gasteiger partial charge in [0.1, 0.15) is 17.4 Å². The van der Waals surface area contributed by atoms with Crippen molar-refractivity contribution >= 4 is 11.6 Å². The van der Waals surface area contributed by atoms with Crippen molar-refractivity contribution in [2.24, 2.45) is 5.41 Å². The first-order valence-corrected chi connectivity index (χ1v) is 6.83. The van der Waals surface area contributed by atoms with Gasteiger partial charge in [-0.3, -0.25) is 4.79 Å². The van der Waals surface area contributed by atoms with Crippen LogP contribution in [0.2, 0.25) is 0 Å². The Bertz CT molecular complexity index is 557. The number of methoxy groups -OCH3 is 1. The number of nitrogens with zero attached hydrogens (tertiary/aromatic N) is 1. The smallest absolute Gasteiger partial charge is 0.233 e. The average molecular weight is 291 g/mol. The van der Waals surface area contributed by atoms with Gasteiger partial charge in [0.05, 0.1) is 17.7 Å². The van der Waals surface area contributed by atoms with E-state index < -0.39 is 11.2 Å². The van der Waals surface area contributed by atoms with E-state index in [0.717, 1.165) is 13.1 Å². The minimum Gasteiger partial charge on any atom is -0.384 e. The van der Waals surface area contributed by atoms with Crippen LogP contribution in [-0.4, -0.2) is 32.7 Å². The molecule has 5 nitrogen and oxygen atoms in total. The standard InChI is InChI=1S/C15H18FN3O2/c1-21-10-15(5-7-18-8-6-15)14(20)19-13-4-2-3-12(16)11(13)9-17/h2-4,18H,5-8,10H2,1H3,(H,19,20). The van der Waals surface area contributed by atoms with Crippen molar-refractivity contribution in [3.05, 3.63) is 29.6 Å². The number of hydrogen-bond acceptors (Lipinski definition) is 4. The highest BCUT2D eigenvalue weighted by molar-refractivity contribution is 5.96. The third-order valence-electron chi connectivity index (χ3n) is 3.84. The van der Waals surface area contributed by atoms with Gasteiger partial charge in [-0.15, -0.1) is 0 Å². The molecule has 2 N–H and O–H groups in total. The number of piperidine rings is 1. The van der Waals surface area contributed by atoms with Gasteiger partial charge >= 0.3 is 0 Å². The summed E-state index contributed by atoms with van der Waals surface area (Å²) >= 11 is 0. The molecule has 0 spiro atoms. The lowest BCUT2D eigenvalue weighted by atomic mass is 9.78. The predicted molar refractivity (Wildman–Crippen MR) is 76.2 cm³/mol. The molecule has 112 valence electrons. The summed E-state index contributed by atoms with van der Waals surface area (Å²) in [4.78, 5) is 12.6. The molecular weight excluding hydrogens is 273 g/mol. The van der Waals surface area contributed by atoms with Gasteiger partial charge in [0, 0.05) is 7.11 Å². The molecule has 1 saturated heterocycles. The highest BCUT2D eigenvalue weighted by atomic mass is 19.1. The molecule has 0 aliphatic carbocycles. The molecule has 1 aromatic rings. The zero-order valence-electron chi connectivity index (χ0n) is 11.9. The lowest BCUT2D eigenvalue weighted by Crippen LogP contribution is -2.47. The molecule has 0 atom stereocenters. The van der Waals surface area contributed by atoms with E-state index >= 15 is 0 Å². The Morgan fingerprint density at radius 2 is 2.24 bits per heavy atom. The number of carbonyl (C=O) groups is 1. The van der Waals surface area contributed by atoms with Crippen LogP contribution < -0.4 is 10.6 Å². The number of carbonyl (C=O) groups excluding carboxylic acids is 1. The maximum atomic E-state index is 13.6. The third kappa shape index (κ3) is 3.20. The van der Waals surface area contributed by atoms with Crippen LogP contribution in [0, 0.1) is 22.6 Å². The monoisotopic (exact) mass is 291 g/mol. The van der Waals surface area contributed by atoms with Gasteiger partial charge in [-0.1, -0.05) is 6.07 Å². The lowest BCUT2D eigenvalue weighted by molar-refractivity contribution is -0.130. The van der Waals surface area contributed by atoms with Crippen LogP contribution in [0.1, 0.15) is 18.4 Å². The molecule has 1 aliphatic heterocycles. The van der Waals surface area contributed by atoms with Crippen molar-refractivity contribution < 1.29 is 13.9 Å². The summed E-state index contributed by atoms with van der Waals surface area (Å²) in [5, 5.41) is 14.9. The largest absolute Gasteiger partial charge is 0.384 e. The highest BCUT2D eigenvalue weighted by Gasteiger charge is 2.39. The molecule has 1 heterocycles. The number of hydrogen-bond donors (Lipinski definition) is 2. The minimum absolute atomic E-state index is 0.146. The maximum Gasteiger partial charge on any atom is 0.233 e. The molecule has 1 amide bonds. The number of ether oxygens (including phenoxy) is 1. The van der Waals surface area contributed by atoms with Crippen molar-refractivity contribution in [3.8, 4) is 6.07 Å². The van der Waals surface area contributed by atoms with E-state index in [1.165, 1.54) is 18.2 Å². The first-order chi connectivity index (χ1) is 10.1. The number of rotatable bonds is 4. The van der Waals surface area contributed by atoms with Crippen LogP contribution >= 0.6 is 0 Å². The van der Waals surface area contributed by atoms with Crippen LogP contribution in [0.4, 0.5) is 10.1 Å². The molecule has 0 saturated carbocycles. The van der Waals surface area contributed by atoms with E-state index in [4.69, 9.17) is 10.00 Å². The molecule has 21 heavy (non-hydrogen) atoms. The summed E-state index contributed by atoms with van der Waals surface area (Å²) in [5.41, 5.74) is -0.581. The molecule has 0 aromatic heterocycles. The Morgan fingerprint density at radius 1 is 1.52 bits per heavy atom. The average Bonchev–Trinajstić information content (AvgIpc) is 2.49. The molecule has 1 fully saturated rings. The van der Waals surface area contributed by atoms with Crippen LogP contribution in [0.25, 0.3) is 0 Å². The van der Waals surface area contributed by atoms with Gasteiger partial charge < -0.3 is 15.4 Å². The van der Waals surface area contributed by atoms with Crippen LogP contribution in [0.15, 0.2) is 18.2 Å². The van der Waals surface area contributed by atoms with Gasteiger partial charge in [-0.2, -0.15) is 5.26 Å². The molecule has 2 rings (SSSR count). The fourth-order valence-electron chi connectivity index (χ4n) is 2.62. The van der Waals surface area contributed by atoms with Crippen molar-refractivity contribution in [1.29, 1.82) is 5.26 Å². The van der Waals surface area contributed by atoms with E-state index in [1.807, 2.05) is 0 Å². The quantitative estimate of drug-likeness (QED) is 0.884. The number of amides is 1. The molecule has 0 bridgehead atoms. The Morgan fingerprint density at radius 3 is 2.86 bits per heavy atom. The van der Waals surface area contributed by atoms with Gasteiger partial charge in [0.2, 0.25) is 5.91 Å². The number of nitrogens with one attached hydrogen (secondary N) is 2. The van der Waals surface area contributed by atoms with Crippen molar-refractivity contribution in [1.82, 2.24) is 5.32 Å². The second-order valence-corrected chi connectivity index (χ2v) is 5.19. The van der Waals surface area contributed by atoms with E-state index in [9.17, 15) is 9.18 Å². The Labute approximate surface area is 123 Å². The Balaban J connectivity index is 2.24. The van der Waals surface area contributed by atoms with Crippen molar-refractivity contribution in [3.63, 3.8) is 0 Å².